The quantitative estimate of drug-likeness (QED) is 0.844. The van der Waals surface area contributed by atoms with Gasteiger partial charge in [0.15, 0.2) is 0 Å². The fraction of sp³-hybridized carbons (Fsp3) is 0.250. The van der Waals surface area contributed by atoms with E-state index in [1.165, 1.54) is 11.3 Å². The fourth-order valence-electron chi connectivity index (χ4n) is 1.61. The molecule has 0 aliphatic rings. The highest BCUT2D eigenvalue weighted by molar-refractivity contribution is 7.89. The van der Waals surface area contributed by atoms with Gasteiger partial charge in [0.05, 0.1) is 10.4 Å². The van der Waals surface area contributed by atoms with E-state index in [9.17, 15) is 8.42 Å². The van der Waals surface area contributed by atoms with Gasteiger partial charge in [-0.25, -0.2) is 13.1 Å². The summed E-state index contributed by atoms with van der Waals surface area (Å²) in [5.74, 6) is 0. The minimum absolute atomic E-state index is 0.267. The SMILES string of the molecule is CNCc1cccc(S(=O)(=O)NCc2cncs2)c1. The van der Waals surface area contributed by atoms with Crippen LogP contribution < -0.4 is 10.0 Å². The van der Waals surface area contributed by atoms with E-state index in [-0.39, 0.29) is 11.4 Å². The normalized spacial score (nSPS) is 11.6. The molecule has 0 spiro atoms. The molecule has 0 saturated heterocycles. The lowest BCUT2D eigenvalue weighted by molar-refractivity contribution is 0.581. The molecule has 2 N–H and O–H groups in total. The van der Waals surface area contributed by atoms with E-state index < -0.39 is 10.0 Å². The molecule has 0 radical (unpaired) electrons. The number of sulfonamides is 1. The van der Waals surface area contributed by atoms with Crippen molar-refractivity contribution in [1.82, 2.24) is 15.0 Å². The molecular formula is C12H15N3O2S2. The van der Waals surface area contributed by atoms with Gasteiger partial charge in [-0.15, -0.1) is 11.3 Å². The van der Waals surface area contributed by atoms with Crippen LogP contribution in [0.5, 0.6) is 0 Å². The number of hydrogen-bond acceptors (Lipinski definition) is 5. The largest absolute Gasteiger partial charge is 0.316 e. The summed E-state index contributed by atoms with van der Waals surface area (Å²) in [7, 11) is -1.65. The maximum atomic E-state index is 12.1. The molecule has 0 bridgehead atoms. The third kappa shape index (κ3) is 3.84. The summed E-state index contributed by atoms with van der Waals surface area (Å²) in [6, 6.07) is 6.90. The topological polar surface area (TPSA) is 71.1 Å². The van der Waals surface area contributed by atoms with Gasteiger partial charge in [-0.2, -0.15) is 0 Å². The van der Waals surface area contributed by atoms with Crippen LogP contribution in [0.4, 0.5) is 0 Å². The van der Waals surface area contributed by atoms with Crippen LogP contribution in [0.25, 0.3) is 0 Å². The Kier molecular flexibility index (Phi) is 4.65. The molecule has 2 aromatic rings. The molecule has 0 unspecified atom stereocenters. The predicted molar refractivity (Wildman–Crippen MR) is 75.3 cm³/mol. The van der Waals surface area contributed by atoms with Crippen molar-refractivity contribution in [2.24, 2.45) is 0 Å². The van der Waals surface area contributed by atoms with Crippen LogP contribution in [0.3, 0.4) is 0 Å². The summed E-state index contributed by atoms with van der Waals surface area (Å²) in [5.41, 5.74) is 2.61. The molecule has 0 saturated carbocycles. The molecule has 7 heteroatoms. The number of nitrogens with zero attached hydrogens (tertiary/aromatic N) is 1. The van der Waals surface area contributed by atoms with E-state index in [2.05, 4.69) is 15.0 Å². The third-order valence-electron chi connectivity index (χ3n) is 2.51. The first-order chi connectivity index (χ1) is 9.12. The molecule has 1 aromatic carbocycles. The van der Waals surface area contributed by atoms with Crippen molar-refractivity contribution < 1.29 is 8.42 Å². The molecule has 0 amide bonds. The summed E-state index contributed by atoms with van der Waals surface area (Å²) in [4.78, 5) is 5.08. The van der Waals surface area contributed by atoms with Gasteiger partial charge in [0.2, 0.25) is 10.0 Å². The van der Waals surface area contributed by atoms with Gasteiger partial charge >= 0.3 is 0 Å². The molecule has 19 heavy (non-hydrogen) atoms. The molecule has 0 fully saturated rings. The van der Waals surface area contributed by atoms with Crippen LogP contribution in [0.15, 0.2) is 40.9 Å². The number of thiazole rings is 1. The van der Waals surface area contributed by atoms with Crippen LogP contribution >= 0.6 is 11.3 Å². The zero-order chi connectivity index (χ0) is 13.7. The van der Waals surface area contributed by atoms with Gasteiger partial charge in [-0.05, 0) is 24.7 Å². The van der Waals surface area contributed by atoms with E-state index in [1.54, 1.807) is 29.9 Å². The summed E-state index contributed by atoms with van der Waals surface area (Å²) in [6.45, 7) is 0.904. The van der Waals surface area contributed by atoms with Crippen LogP contribution in [-0.4, -0.2) is 20.4 Å². The van der Waals surface area contributed by atoms with Crippen molar-refractivity contribution >= 4 is 21.4 Å². The standard InChI is InChI=1S/C12H15N3O2S2/c1-13-6-10-3-2-4-12(5-10)19(16,17)15-8-11-7-14-9-18-11/h2-5,7,9,13,15H,6,8H2,1H3. The zero-order valence-corrected chi connectivity index (χ0v) is 12.1. The summed E-state index contributed by atoms with van der Waals surface area (Å²) >= 11 is 1.42. The second-order valence-electron chi connectivity index (χ2n) is 3.97. The Labute approximate surface area is 116 Å². The average molecular weight is 297 g/mol. The lowest BCUT2D eigenvalue weighted by atomic mass is 10.2. The van der Waals surface area contributed by atoms with Crippen molar-refractivity contribution in [3.63, 3.8) is 0 Å². The van der Waals surface area contributed by atoms with Gasteiger partial charge in [0.1, 0.15) is 0 Å². The molecule has 5 nitrogen and oxygen atoms in total. The van der Waals surface area contributed by atoms with Crippen molar-refractivity contribution in [1.29, 1.82) is 0 Å². The molecule has 1 heterocycles. The van der Waals surface area contributed by atoms with Gasteiger partial charge in [-0.1, -0.05) is 12.1 Å². The summed E-state index contributed by atoms with van der Waals surface area (Å²) < 4.78 is 26.8. The third-order valence-corrected chi connectivity index (χ3v) is 4.69. The first kappa shape index (κ1) is 14.1. The second kappa shape index (κ2) is 6.25. The summed E-state index contributed by atoms with van der Waals surface area (Å²) in [6.07, 6.45) is 1.66. The van der Waals surface area contributed by atoms with Crippen LogP contribution in [-0.2, 0) is 23.1 Å². The molecule has 0 atom stereocenters. The number of rotatable bonds is 6. The van der Waals surface area contributed by atoms with Gasteiger partial charge in [-0.3, -0.25) is 4.98 Å². The molecule has 0 aliphatic carbocycles. The zero-order valence-electron chi connectivity index (χ0n) is 10.5. The fourth-order valence-corrected chi connectivity index (χ4v) is 3.31. The van der Waals surface area contributed by atoms with E-state index in [1.807, 2.05) is 13.1 Å². The highest BCUT2D eigenvalue weighted by Crippen LogP contribution is 2.13. The van der Waals surface area contributed by atoms with Crippen LogP contribution in [0.1, 0.15) is 10.4 Å². The molecular weight excluding hydrogens is 282 g/mol. The molecule has 2 rings (SSSR count). The lowest BCUT2D eigenvalue weighted by Crippen LogP contribution is -2.23. The van der Waals surface area contributed by atoms with E-state index in [4.69, 9.17) is 0 Å². The smallest absolute Gasteiger partial charge is 0.240 e. The maximum Gasteiger partial charge on any atom is 0.240 e. The van der Waals surface area contributed by atoms with Gasteiger partial charge in [0, 0.05) is 24.2 Å². The van der Waals surface area contributed by atoms with E-state index in [0.717, 1.165) is 10.4 Å². The second-order valence-corrected chi connectivity index (χ2v) is 6.71. The predicted octanol–water partition coefficient (Wildman–Crippen LogP) is 1.34. The average Bonchev–Trinajstić information content (AvgIpc) is 2.90. The number of hydrogen-bond donors (Lipinski definition) is 2. The first-order valence-electron chi connectivity index (χ1n) is 5.72. The Morgan fingerprint density at radius 2 is 2.16 bits per heavy atom. The Morgan fingerprint density at radius 3 is 2.84 bits per heavy atom. The van der Waals surface area contributed by atoms with Crippen molar-refractivity contribution in [2.45, 2.75) is 18.0 Å². The number of aromatic nitrogens is 1. The first-order valence-corrected chi connectivity index (χ1v) is 8.08. The summed E-state index contributed by atoms with van der Waals surface area (Å²) in [5, 5.41) is 3.00. The Bertz CT molecular complexity index is 624. The van der Waals surface area contributed by atoms with Gasteiger partial charge in [0.25, 0.3) is 0 Å². The van der Waals surface area contributed by atoms with Gasteiger partial charge < -0.3 is 5.32 Å². The molecule has 102 valence electrons. The van der Waals surface area contributed by atoms with E-state index in [0.29, 0.717) is 6.54 Å². The highest BCUT2D eigenvalue weighted by atomic mass is 32.2. The maximum absolute atomic E-state index is 12.1. The lowest BCUT2D eigenvalue weighted by Gasteiger charge is -2.07. The minimum atomic E-state index is -3.48. The number of benzene rings is 1. The van der Waals surface area contributed by atoms with E-state index >= 15 is 0 Å². The number of nitrogens with one attached hydrogen (secondary N) is 2. The Morgan fingerprint density at radius 1 is 1.32 bits per heavy atom. The Hall–Kier alpha value is -1.28. The van der Waals surface area contributed by atoms with Crippen molar-refractivity contribution in [2.75, 3.05) is 7.05 Å². The highest BCUT2D eigenvalue weighted by Gasteiger charge is 2.14. The van der Waals surface area contributed by atoms with Crippen LogP contribution in [0.2, 0.25) is 0 Å². The van der Waals surface area contributed by atoms with Crippen molar-refractivity contribution in [3.05, 3.63) is 46.4 Å². The van der Waals surface area contributed by atoms with Crippen molar-refractivity contribution in [3.8, 4) is 0 Å². The monoisotopic (exact) mass is 297 g/mol. The minimum Gasteiger partial charge on any atom is -0.316 e. The van der Waals surface area contributed by atoms with Crippen LogP contribution in [0, 0.1) is 0 Å². The molecule has 1 aromatic heterocycles. The molecule has 0 aliphatic heterocycles. The Balaban J connectivity index is 2.12.